The standard InChI is InChI=1S/C20H24N2O2S/c1-24-17-5-2-4-16(12-17)13-22-10-8-20(19(22)23)7-9-21(15-20)14-18-6-3-11-25-18/h2-6,11-12H,7-10,13-15H2,1H3/t20-/m0/s1. The molecule has 25 heavy (non-hydrogen) atoms. The highest BCUT2D eigenvalue weighted by molar-refractivity contribution is 7.09. The van der Waals surface area contributed by atoms with E-state index in [-0.39, 0.29) is 5.41 Å². The second-order valence-corrected chi connectivity index (χ2v) is 8.18. The van der Waals surface area contributed by atoms with Gasteiger partial charge >= 0.3 is 0 Å². The number of carbonyl (C=O) groups is 1. The normalized spacial score (nSPS) is 23.7. The molecule has 1 aromatic heterocycles. The average Bonchev–Trinajstić information content (AvgIpc) is 3.35. The molecule has 132 valence electrons. The number of benzene rings is 1. The van der Waals surface area contributed by atoms with Crippen LogP contribution in [0.2, 0.25) is 0 Å². The number of rotatable bonds is 5. The molecule has 4 nitrogen and oxygen atoms in total. The van der Waals surface area contributed by atoms with Crippen molar-refractivity contribution in [1.82, 2.24) is 9.80 Å². The van der Waals surface area contributed by atoms with Gasteiger partial charge in [0.1, 0.15) is 5.75 Å². The lowest BCUT2D eigenvalue weighted by Gasteiger charge is -2.23. The maximum atomic E-state index is 13.1. The van der Waals surface area contributed by atoms with Gasteiger partial charge in [0.15, 0.2) is 0 Å². The number of amides is 1. The van der Waals surface area contributed by atoms with Crippen LogP contribution in [0.15, 0.2) is 41.8 Å². The minimum atomic E-state index is -0.157. The lowest BCUT2D eigenvalue weighted by molar-refractivity contribution is -0.136. The molecule has 2 saturated heterocycles. The van der Waals surface area contributed by atoms with Crippen LogP contribution in [0.5, 0.6) is 5.75 Å². The molecule has 2 fully saturated rings. The average molecular weight is 356 g/mol. The van der Waals surface area contributed by atoms with Crippen molar-refractivity contribution < 1.29 is 9.53 Å². The molecule has 2 aliphatic rings. The third-order valence-corrected chi connectivity index (χ3v) is 6.36. The number of ether oxygens (including phenoxy) is 1. The van der Waals surface area contributed by atoms with Crippen LogP contribution in [0.25, 0.3) is 0 Å². The van der Waals surface area contributed by atoms with Crippen LogP contribution in [0.3, 0.4) is 0 Å². The molecule has 0 aliphatic carbocycles. The fourth-order valence-electron chi connectivity index (χ4n) is 4.13. The van der Waals surface area contributed by atoms with Crippen molar-refractivity contribution in [3.63, 3.8) is 0 Å². The van der Waals surface area contributed by atoms with Gasteiger partial charge in [-0.1, -0.05) is 18.2 Å². The summed E-state index contributed by atoms with van der Waals surface area (Å²) >= 11 is 1.80. The van der Waals surface area contributed by atoms with E-state index in [1.54, 1.807) is 18.4 Å². The van der Waals surface area contributed by atoms with Crippen molar-refractivity contribution in [2.75, 3.05) is 26.7 Å². The van der Waals surface area contributed by atoms with Crippen molar-refractivity contribution in [3.8, 4) is 5.75 Å². The summed E-state index contributed by atoms with van der Waals surface area (Å²) in [6.45, 7) is 4.45. The first kappa shape index (κ1) is 16.6. The van der Waals surface area contributed by atoms with Crippen LogP contribution in [0.1, 0.15) is 23.3 Å². The van der Waals surface area contributed by atoms with Gasteiger partial charge in [-0.15, -0.1) is 11.3 Å². The van der Waals surface area contributed by atoms with Gasteiger partial charge in [0, 0.05) is 31.1 Å². The zero-order valence-electron chi connectivity index (χ0n) is 14.6. The van der Waals surface area contributed by atoms with E-state index in [1.807, 2.05) is 23.1 Å². The predicted molar refractivity (Wildman–Crippen MR) is 99.7 cm³/mol. The molecule has 1 amide bonds. The van der Waals surface area contributed by atoms with Crippen LogP contribution in [0.4, 0.5) is 0 Å². The molecule has 4 rings (SSSR count). The second kappa shape index (κ2) is 6.81. The van der Waals surface area contributed by atoms with Crippen molar-refractivity contribution >= 4 is 17.2 Å². The Kier molecular flexibility index (Phi) is 4.52. The van der Waals surface area contributed by atoms with E-state index in [9.17, 15) is 4.79 Å². The smallest absolute Gasteiger partial charge is 0.230 e. The van der Waals surface area contributed by atoms with Gasteiger partial charge in [-0.25, -0.2) is 0 Å². The summed E-state index contributed by atoms with van der Waals surface area (Å²) in [7, 11) is 1.68. The van der Waals surface area contributed by atoms with Crippen LogP contribution in [-0.2, 0) is 17.9 Å². The van der Waals surface area contributed by atoms with Gasteiger partial charge in [-0.2, -0.15) is 0 Å². The maximum absolute atomic E-state index is 13.1. The predicted octanol–water partition coefficient (Wildman–Crippen LogP) is 3.38. The number of hydrogen-bond acceptors (Lipinski definition) is 4. The minimum absolute atomic E-state index is 0.157. The second-order valence-electron chi connectivity index (χ2n) is 7.15. The highest BCUT2D eigenvalue weighted by atomic mass is 32.1. The number of thiophene rings is 1. The summed E-state index contributed by atoms with van der Waals surface area (Å²) in [5.74, 6) is 1.19. The highest BCUT2D eigenvalue weighted by Crippen LogP contribution is 2.41. The third kappa shape index (κ3) is 3.31. The van der Waals surface area contributed by atoms with Gasteiger partial charge in [0.2, 0.25) is 5.91 Å². The largest absolute Gasteiger partial charge is 0.497 e. The van der Waals surface area contributed by atoms with Gasteiger partial charge in [-0.3, -0.25) is 9.69 Å². The van der Waals surface area contributed by atoms with Crippen LogP contribution in [-0.4, -0.2) is 42.5 Å². The molecule has 0 radical (unpaired) electrons. The highest BCUT2D eigenvalue weighted by Gasteiger charge is 2.50. The van der Waals surface area contributed by atoms with E-state index in [0.29, 0.717) is 12.5 Å². The molecule has 2 aromatic rings. The summed E-state index contributed by atoms with van der Waals surface area (Å²) in [6.07, 6.45) is 1.97. The Hall–Kier alpha value is -1.85. The third-order valence-electron chi connectivity index (χ3n) is 5.50. The first-order chi connectivity index (χ1) is 12.2. The topological polar surface area (TPSA) is 32.8 Å². The molecular weight excluding hydrogens is 332 g/mol. The lowest BCUT2D eigenvalue weighted by Crippen LogP contribution is -2.36. The van der Waals surface area contributed by atoms with Gasteiger partial charge in [-0.05, 0) is 48.5 Å². The molecule has 1 aromatic carbocycles. The number of hydrogen-bond donors (Lipinski definition) is 0. The summed E-state index contributed by atoms with van der Waals surface area (Å²) in [6, 6.07) is 12.3. The van der Waals surface area contributed by atoms with Crippen molar-refractivity contribution in [2.45, 2.75) is 25.9 Å². The van der Waals surface area contributed by atoms with Gasteiger partial charge in [0.25, 0.3) is 0 Å². The number of likely N-dealkylation sites (tertiary alicyclic amines) is 2. The molecule has 2 aliphatic heterocycles. The zero-order chi connectivity index (χ0) is 17.3. The fraction of sp³-hybridized carbons (Fsp3) is 0.450. The molecule has 5 heteroatoms. The lowest BCUT2D eigenvalue weighted by atomic mass is 9.85. The molecule has 1 spiro atoms. The quantitative estimate of drug-likeness (QED) is 0.823. The Balaban J connectivity index is 1.41. The van der Waals surface area contributed by atoms with E-state index in [4.69, 9.17) is 4.74 Å². The van der Waals surface area contributed by atoms with Gasteiger partial charge < -0.3 is 9.64 Å². The molecule has 0 unspecified atom stereocenters. The minimum Gasteiger partial charge on any atom is -0.497 e. The first-order valence-electron chi connectivity index (χ1n) is 8.86. The molecule has 0 bridgehead atoms. The molecule has 1 atom stereocenters. The van der Waals surface area contributed by atoms with E-state index in [1.165, 1.54) is 4.88 Å². The summed E-state index contributed by atoms with van der Waals surface area (Å²) in [5.41, 5.74) is 0.981. The molecular formula is C20H24N2O2S. The van der Waals surface area contributed by atoms with E-state index < -0.39 is 0 Å². The van der Waals surface area contributed by atoms with Crippen LogP contribution >= 0.6 is 11.3 Å². The van der Waals surface area contributed by atoms with Crippen molar-refractivity contribution in [2.24, 2.45) is 5.41 Å². The Morgan fingerprint density at radius 2 is 2.04 bits per heavy atom. The number of nitrogens with zero attached hydrogens (tertiary/aromatic N) is 2. The Labute approximate surface area is 153 Å². The fourth-order valence-corrected chi connectivity index (χ4v) is 4.88. The summed E-state index contributed by atoms with van der Waals surface area (Å²) in [4.78, 5) is 19.0. The van der Waals surface area contributed by atoms with Crippen molar-refractivity contribution in [1.29, 1.82) is 0 Å². The van der Waals surface area contributed by atoms with E-state index in [2.05, 4.69) is 28.5 Å². The van der Waals surface area contributed by atoms with E-state index >= 15 is 0 Å². The summed E-state index contributed by atoms with van der Waals surface area (Å²) in [5, 5.41) is 2.12. The number of methoxy groups -OCH3 is 1. The van der Waals surface area contributed by atoms with Gasteiger partial charge in [0.05, 0.1) is 12.5 Å². The SMILES string of the molecule is COc1cccc(CN2CC[C@]3(CCN(Cc4cccs4)C3)C2=O)c1. The number of carbonyl (C=O) groups excluding carboxylic acids is 1. The van der Waals surface area contributed by atoms with Crippen LogP contribution < -0.4 is 4.74 Å². The molecule has 3 heterocycles. The maximum Gasteiger partial charge on any atom is 0.230 e. The first-order valence-corrected chi connectivity index (χ1v) is 9.74. The Morgan fingerprint density at radius 1 is 1.16 bits per heavy atom. The van der Waals surface area contributed by atoms with Crippen LogP contribution in [0, 0.1) is 5.41 Å². The molecule has 0 saturated carbocycles. The monoisotopic (exact) mass is 356 g/mol. The molecule has 0 N–H and O–H groups in total. The Morgan fingerprint density at radius 3 is 2.84 bits per heavy atom. The summed E-state index contributed by atoms with van der Waals surface area (Å²) < 4.78 is 5.29. The van der Waals surface area contributed by atoms with E-state index in [0.717, 1.165) is 50.3 Å². The zero-order valence-corrected chi connectivity index (χ0v) is 15.4. The Bertz CT molecular complexity index is 746. The van der Waals surface area contributed by atoms with Crippen molar-refractivity contribution in [3.05, 3.63) is 52.2 Å².